The van der Waals surface area contributed by atoms with Crippen LogP contribution in [0.4, 0.5) is 4.39 Å². The summed E-state index contributed by atoms with van der Waals surface area (Å²) < 4.78 is 13.5. The lowest BCUT2D eigenvalue weighted by Crippen LogP contribution is -2.29. The predicted octanol–water partition coefficient (Wildman–Crippen LogP) is 2.84. The van der Waals surface area contributed by atoms with Gasteiger partial charge in [0.1, 0.15) is 5.82 Å². The van der Waals surface area contributed by atoms with Gasteiger partial charge in [0, 0.05) is 5.56 Å². The fraction of sp³-hybridized carbons (Fsp3) is 0.300. The minimum absolute atomic E-state index is 0.0585. The lowest BCUT2D eigenvalue weighted by molar-refractivity contribution is -0.142. The highest BCUT2D eigenvalue weighted by molar-refractivity contribution is 6.30. The first-order valence-electron chi connectivity index (χ1n) is 4.05. The van der Waals surface area contributed by atoms with E-state index >= 15 is 0 Å². The lowest BCUT2D eigenvalue weighted by Gasteiger charge is -2.20. The summed E-state index contributed by atoms with van der Waals surface area (Å²) in [5.74, 6) is -1.75. The van der Waals surface area contributed by atoms with Crippen LogP contribution in [0.25, 0.3) is 0 Å². The summed E-state index contributed by atoms with van der Waals surface area (Å²) in [5, 5.41) is 8.84. The van der Waals surface area contributed by atoms with Crippen LogP contribution in [0.1, 0.15) is 19.4 Å². The molecule has 0 spiro atoms. The molecule has 1 aromatic rings. The van der Waals surface area contributed by atoms with E-state index in [9.17, 15) is 9.18 Å². The minimum atomic E-state index is -1.27. The Morgan fingerprint density at radius 3 is 2.57 bits per heavy atom. The van der Waals surface area contributed by atoms with Gasteiger partial charge in [-0.3, -0.25) is 4.79 Å². The number of carboxylic acids is 1. The topological polar surface area (TPSA) is 37.3 Å². The summed E-state index contributed by atoms with van der Waals surface area (Å²) in [6.45, 7) is 2.87. The number of rotatable bonds is 2. The van der Waals surface area contributed by atoms with E-state index in [0.717, 1.165) is 0 Å². The maximum atomic E-state index is 13.5. The molecule has 0 saturated carbocycles. The smallest absolute Gasteiger partial charge is 0.313 e. The maximum Gasteiger partial charge on any atom is 0.313 e. The van der Waals surface area contributed by atoms with Gasteiger partial charge in [0.05, 0.1) is 10.4 Å². The van der Waals surface area contributed by atoms with Crippen LogP contribution < -0.4 is 0 Å². The third-order valence-electron chi connectivity index (χ3n) is 2.16. The van der Waals surface area contributed by atoms with Gasteiger partial charge < -0.3 is 5.11 Å². The number of carboxylic acid groups (broad SMARTS) is 1. The summed E-state index contributed by atoms with van der Waals surface area (Å²) in [6, 6.07) is 4.35. The van der Waals surface area contributed by atoms with Crippen molar-refractivity contribution in [2.24, 2.45) is 0 Å². The van der Waals surface area contributed by atoms with Crippen LogP contribution in [0.15, 0.2) is 18.2 Å². The molecule has 0 radical (unpaired) electrons. The van der Waals surface area contributed by atoms with E-state index in [1.165, 1.54) is 32.0 Å². The van der Waals surface area contributed by atoms with Gasteiger partial charge in [-0.1, -0.05) is 23.7 Å². The zero-order chi connectivity index (χ0) is 10.9. The van der Waals surface area contributed by atoms with Gasteiger partial charge in [-0.25, -0.2) is 4.39 Å². The summed E-state index contributed by atoms with van der Waals surface area (Å²) in [4.78, 5) is 10.9. The van der Waals surface area contributed by atoms with Crippen LogP contribution in [0.5, 0.6) is 0 Å². The van der Waals surface area contributed by atoms with Gasteiger partial charge in [-0.15, -0.1) is 0 Å². The predicted molar refractivity (Wildman–Crippen MR) is 52.1 cm³/mol. The monoisotopic (exact) mass is 216 g/mol. The van der Waals surface area contributed by atoms with Crippen molar-refractivity contribution in [3.8, 4) is 0 Å². The fourth-order valence-electron chi connectivity index (χ4n) is 1.10. The average molecular weight is 217 g/mol. The average Bonchev–Trinajstić information content (AvgIpc) is 2.09. The first kappa shape index (κ1) is 11.0. The van der Waals surface area contributed by atoms with E-state index in [0.29, 0.717) is 0 Å². The number of benzene rings is 1. The second-order valence-corrected chi connectivity index (χ2v) is 3.94. The molecule has 2 nitrogen and oxygen atoms in total. The molecule has 0 aliphatic heterocycles. The Bertz CT molecular complexity index is 374. The third-order valence-corrected chi connectivity index (χ3v) is 2.45. The molecule has 1 rings (SSSR count). The van der Waals surface area contributed by atoms with E-state index in [2.05, 4.69) is 0 Å². The number of halogens is 2. The van der Waals surface area contributed by atoms with Crippen molar-refractivity contribution in [1.82, 2.24) is 0 Å². The standard InChI is InChI=1S/C10H10ClFO2/c1-10(2,9(13)14)6-4-3-5-7(11)8(6)12/h3-5H,1-2H3,(H,13,14). The van der Waals surface area contributed by atoms with Gasteiger partial charge in [0.2, 0.25) is 0 Å². The molecule has 76 valence electrons. The first-order chi connectivity index (χ1) is 6.37. The molecule has 0 aliphatic carbocycles. The van der Waals surface area contributed by atoms with Crippen molar-refractivity contribution in [2.75, 3.05) is 0 Å². The van der Waals surface area contributed by atoms with Gasteiger partial charge >= 0.3 is 5.97 Å². The second-order valence-electron chi connectivity index (χ2n) is 3.53. The highest BCUT2D eigenvalue weighted by Gasteiger charge is 2.32. The molecule has 0 atom stereocenters. The fourth-order valence-corrected chi connectivity index (χ4v) is 1.28. The molecular weight excluding hydrogens is 207 g/mol. The second kappa shape index (κ2) is 3.58. The zero-order valence-corrected chi connectivity index (χ0v) is 8.60. The third kappa shape index (κ3) is 1.73. The van der Waals surface area contributed by atoms with Crippen molar-refractivity contribution in [2.45, 2.75) is 19.3 Å². The van der Waals surface area contributed by atoms with E-state index in [1.54, 1.807) is 0 Å². The molecule has 0 amide bonds. The highest BCUT2D eigenvalue weighted by atomic mass is 35.5. The van der Waals surface area contributed by atoms with Gasteiger partial charge in [0.25, 0.3) is 0 Å². The minimum Gasteiger partial charge on any atom is -0.481 e. The Kier molecular flexibility index (Phi) is 2.81. The lowest BCUT2D eigenvalue weighted by atomic mass is 9.84. The molecule has 4 heteroatoms. The summed E-state index contributed by atoms with van der Waals surface area (Å²) >= 11 is 5.56. The van der Waals surface area contributed by atoms with Crippen LogP contribution in [-0.4, -0.2) is 11.1 Å². The quantitative estimate of drug-likeness (QED) is 0.826. The molecule has 0 bridgehead atoms. The maximum absolute atomic E-state index is 13.5. The Morgan fingerprint density at radius 1 is 1.50 bits per heavy atom. The van der Waals surface area contributed by atoms with E-state index in [-0.39, 0.29) is 10.6 Å². The van der Waals surface area contributed by atoms with Crippen LogP contribution in [-0.2, 0) is 10.2 Å². The molecule has 0 aromatic heterocycles. The van der Waals surface area contributed by atoms with Gasteiger partial charge in [-0.05, 0) is 19.9 Å². The Morgan fingerprint density at radius 2 is 2.07 bits per heavy atom. The van der Waals surface area contributed by atoms with Crippen molar-refractivity contribution < 1.29 is 14.3 Å². The number of hydrogen-bond acceptors (Lipinski definition) is 1. The van der Waals surface area contributed by atoms with E-state index < -0.39 is 17.2 Å². The van der Waals surface area contributed by atoms with Gasteiger partial charge in [-0.2, -0.15) is 0 Å². The van der Waals surface area contributed by atoms with Crippen molar-refractivity contribution in [1.29, 1.82) is 0 Å². The Labute approximate surface area is 86.3 Å². The first-order valence-corrected chi connectivity index (χ1v) is 4.43. The molecule has 0 unspecified atom stereocenters. The molecule has 0 heterocycles. The highest BCUT2D eigenvalue weighted by Crippen LogP contribution is 2.29. The van der Waals surface area contributed by atoms with Crippen LogP contribution in [0.2, 0.25) is 5.02 Å². The number of aliphatic carboxylic acids is 1. The molecule has 14 heavy (non-hydrogen) atoms. The zero-order valence-electron chi connectivity index (χ0n) is 7.84. The van der Waals surface area contributed by atoms with Crippen molar-refractivity contribution in [3.63, 3.8) is 0 Å². The number of carbonyl (C=O) groups is 1. The Balaban J connectivity index is 3.33. The van der Waals surface area contributed by atoms with Crippen molar-refractivity contribution >= 4 is 17.6 Å². The molecular formula is C10H10ClFO2. The molecule has 1 N–H and O–H groups in total. The summed E-state index contributed by atoms with van der Waals surface area (Å²) in [5.41, 5.74) is -1.17. The van der Waals surface area contributed by atoms with Crippen LogP contribution in [0.3, 0.4) is 0 Å². The van der Waals surface area contributed by atoms with E-state index in [4.69, 9.17) is 16.7 Å². The molecule has 0 aliphatic rings. The van der Waals surface area contributed by atoms with Crippen LogP contribution >= 0.6 is 11.6 Å². The van der Waals surface area contributed by atoms with Crippen molar-refractivity contribution in [3.05, 3.63) is 34.6 Å². The summed E-state index contributed by atoms with van der Waals surface area (Å²) in [6.07, 6.45) is 0. The Hall–Kier alpha value is -1.09. The largest absolute Gasteiger partial charge is 0.481 e. The normalized spacial score (nSPS) is 11.4. The molecule has 0 fully saturated rings. The molecule has 1 aromatic carbocycles. The number of hydrogen-bond donors (Lipinski definition) is 1. The van der Waals surface area contributed by atoms with Crippen LogP contribution in [0, 0.1) is 5.82 Å². The summed E-state index contributed by atoms with van der Waals surface area (Å²) in [7, 11) is 0. The SMILES string of the molecule is CC(C)(C(=O)O)c1cccc(Cl)c1F. The molecule has 0 saturated heterocycles. The van der Waals surface area contributed by atoms with Gasteiger partial charge in [0.15, 0.2) is 0 Å². The van der Waals surface area contributed by atoms with E-state index in [1.807, 2.05) is 0 Å².